The molecule has 0 aliphatic carbocycles. The largest absolute Gasteiger partial charge is 1.00 e. The molecule has 532 valence electrons. The number of carbonyl (C=O) groups is 2. The number of aliphatic carboxylic acids is 2. The van der Waals surface area contributed by atoms with Gasteiger partial charge in [-0.3, -0.25) is 0 Å². The lowest BCUT2D eigenvalue weighted by Gasteiger charge is -2.35. The summed E-state index contributed by atoms with van der Waals surface area (Å²) in [5.41, 5.74) is 0. The van der Waals surface area contributed by atoms with Gasteiger partial charge in [-0.25, -0.2) is 0 Å². The van der Waals surface area contributed by atoms with Crippen molar-refractivity contribution in [2.75, 3.05) is 80.0 Å². The van der Waals surface area contributed by atoms with E-state index in [2.05, 4.69) is 83.5 Å². The van der Waals surface area contributed by atoms with Crippen molar-refractivity contribution in [3.63, 3.8) is 0 Å². The summed E-state index contributed by atoms with van der Waals surface area (Å²) < 4.78 is 4.07. The van der Waals surface area contributed by atoms with Crippen LogP contribution in [0.4, 0.5) is 0 Å². The second kappa shape index (κ2) is 81.1. The lowest BCUT2D eigenvalue weighted by Crippen LogP contribution is -3.00. The molecule has 0 radical (unpaired) electrons. The maximum absolute atomic E-state index is 8.93. The summed E-state index contributed by atoms with van der Waals surface area (Å²) in [6, 6.07) is 0. The van der Waals surface area contributed by atoms with E-state index in [-0.39, 0.29) is 23.4 Å². The third-order valence-electron chi connectivity index (χ3n) is 18.6. The average molecular weight is 1270 g/mol. The smallest absolute Gasteiger partial charge is 0.0870 e. The number of quaternary nitrogens is 3. The van der Waals surface area contributed by atoms with Crippen LogP contribution in [-0.4, -0.2) is 116 Å². The standard InChI is InChI=1S/3C25H54N.C2H2O4.ClH.2H2O/c3*1-5-8-11-14-17-20-23-26(4,24-21-18-15-12-9-6-2)25-22-19-16-13-10-7-3;3-1(4)2(5)6;;;/h3*5-25H2,1-4H3;(H,3,4)(H,5,6);1H;2*1H2/q3*+1;;;;/p-3. The Labute approximate surface area is 554 Å². The molecule has 0 spiro atoms. The number of halogens is 1. The molecule has 0 aliphatic rings. The summed E-state index contributed by atoms with van der Waals surface area (Å²) in [6.45, 7) is 33.7. The normalized spacial score (nSPS) is 11.3. The van der Waals surface area contributed by atoms with Gasteiger partial charge in [0, 0.05) is 0 Å². The summed E-state index contributed by atoms with van der Waals surface area (Å²) in [5.74, 6) is -4.37. The second-order valence-electron chi connectivity index (χ2n) is 27.9. The molecule has 0 bridgehead atoms. The number of carboxylic acid groups (broad SMARTS) is 2. The third kappa shape index (κ3) is 83.0. The van der Waals surface area contributed by atoms with Crippen LogP contribution < -0.4 is 22.6 Å². The Hall–Kier alpha value is -0.970. The fourth-order valence-electron chi connectivity index (χ4n) is 12.5. The third-order valence-corrected chi connectivity index (χ3v) is 18.6. The molecule has 0 aromatic heterocycles. The van der Waals surface area contributed by atoms with Gasteiger partial charge in [-0.2, -0.15) is 0 Å². The van der Waals surface area contributed by atoms with Crippen LogP contribution in [0, 0.1) is 0 Å². The number of hydrogen-bond acceptors (Lipinski definition) is 4. The van der Waals surface area contributed by atoms with E-state index in [1.54, 1.807) is 0 Å². The van der Waals surface area contributed by atoms with Crippen molar-refractivity contribution < 1.29 is 56.6 Å². The first-order chi connectivity index (χ1) is 40.7. The van der Waals surface area contributed by atoms with Gasteiger partial charge in [0.1, 0.15) is 0 Å². The number of hydrogen-bond donors (Lipinski definition) is 0. The second-order valence-corrected chi connectivity index (χ2v) is 27.9. The lowest BCUT2D eigenvalue weighted by molar-refractivity contribution is -0.910. The van der Waals surface area contributed by atoms with Gasteiger partial charge in [-0.1, -0.05) is 293 Å². The van der Waals surface area contributed by atoms with E-state index >= 15 is 0 Å². The predicted molar refractivity (Wildman–Crippen MR) is 380 cm³/mol. The molecule has 87 heavy (non-hydrogen) atoms. The molecule has 0 aliphatic heterocycles. The molecular weight excluding hydrogens is 1100 g/mol. The van der Waals surface area contributed by atoms with Crippen LogP contribution in [0.5, 0.6) is 0 Å². The van der Waals surface area contributed by atoms with Gasteiger partial charge in [0.25, 0.3) is 0 Å². The summed E-state index contributed by atoms with van der Waals surface area (Å²) in [7, 11) is 7.68. The molecule has 10 heteroatoms. The average Bonchev–Trinajstić information content (AvgIpc) is 3.58. The first-order valence-corrected chi connectivity index (χ1v) is 38.6. The van der Waals surface area contributed by atoms with Gasteiger partial charge in [0.2, 0.25) is 0 Å². The number of carbonyl (C=O) groups excluding carboxylic acids is 2. The maximum Gasteiger partial charge on any atom is 0.0870 e. The molecule has 0 fully saturated rings. The minimum absolute atomic E-state index is 0. The Morgan fingerprint density at radius 1 is 0.195 bits per heavy atom. The Kier molecular flexibility index (Phi) is 92.9. The van der Waals surface area contributed by atoms with Crippen LogP contribution in [0.25, 0.3) is 0 Å². The van der Waals surface area contributed by atoms with Gasteiger partial charge in [0.15, 0.2) is 0 Å². The highest BCUT2D eigenvalue weighted by atomic mass is 35.5. The van der Waals surface area contributed by atoms with Crippen molar-refractivity contribution >= 4 is 11.9 Å². The molecule has 0 heterocycles. The van der Waals surface area contributed by atoms with Crippen LogP contribution in [0.3, 0.4) is 0 Å². The molecule has 0 amide bonds. The van der Waals surface area contributed by atoms with E-state index in [1.807, 2.05) is 0 Å². The van der Waals surface area contributed by atoms with Crippen molar-refractivity contribution in [2.24, 2.45) is 0 Å². The first-order valence-electron chi connectivity index (χ1n) is 38.6. The van der Waals surface area contributed by atoms with E-state index in [4.69, 9.17) is 19.8 Å². The Morgan fingerprint density at radius 2 is 0.276 bits per heavy atom. The minimum Gasteiger partial charge on any atom is -1.00 e. The zero-order valence-corrected chi connectivity index (χ0v) is 62.7. The van der Waals surface area contributed by atoms with Crippen LogP contribution in [0.15, 0.2) is 0 Å². The highest BCUT2D eigenvalue weighted by Gasteiger charge is 2.22. The van der Waals surface area contributed by atoms with Crippen molar-refractivity contribution in [3.05, 3.63) is 0 Å². The van der Waals surface area contributed by atoms with Crippen molar-refractivity contribution in [3.8, 4) is 0 Å². The zero-order chi connectivity index (χ0) is 63.2. The highest BCUT2D eigenvalue weighted by Crippen LogP contribution is 2.20. The Morgan fingerprint density at radius 3 is 0.356 bits per heavy atom. The number of nitrogens with zero attached hydrogens (tertiary/aromatic N) is 3. The summed E-state index contributed by atoms with van der Waals surface area (Å²) in [4.78, 5) is 17.9. The number of rotatable bonds is 63. The molecule has 0 rings (SSSR count). The number of carboxylic acids is 2. The SMILES string of the molecule is CCCCCCCC[N+](C)(CCCCCCCC)CCCCCCCC.CCCCCCCC[N+](C)(CCCCCCCC)CCCCCCCC.CCCCCCCC[N+](C)(CCCCCCCC)CCCCCCCC.O.O.O=C([O-])C(=O)[O-].[Cl-]. The van der Waals surface area contributed by atoms with E-state index in [0.717, 1.165) is 0 Å². The fourth-order valence-corrected chi connectivity index (χ4v) is 12.5. The lowest BCUT2D eigenvalue weighted by atomic mass is 10.1. The predicted octanol–water partition coefficient (Wildman–Crippen LogP) is 17.4. The summed E-state index contributed by atoms with van der Waals surface area (Å²) in [5, 5.41) is 17.9. The van der Waals surface area contributed by atoms with Crippen LogP contribution >= 0.6 is 0 Å². The molecule has 0 aromatic rings. The van der Waals surface area contributed by atoms with Gasteiger partial charge in [-0.05, 0) is 116 Å². The van der Waals surface area contributed by atoms with Gasteiger partial charge in [-0.15, -0.1) is 0 Å². The topological polar surface area (TPSA) is 143 Å². The monoisotopic (exact) mass is 1260 g/mol. The van der Waals surface area contributed by atoms with Crippen LogP contribution in [0.2, 0.25) is 0 Å². The van der Waals surface area contributed by atoms with E-state index < -0.39 is 11.9 Å². The highest BCUT2D eigenvalue weighted by molar-refractivity contribution is 6.25. The molecular formula is C77H166ClN3O6. The van der Waals surface area contributed by atoms with Crippen LogP contribution in [0.1, 0.15) is 409 Å². The molecule has 0 unspecified atom stereocenters. The van der Waals surface area contributed by atoms with Crippen molar-refractivity contribution in [1.29, 1.82) is 0 Å². The molecule has 0 saturated heterocycles. The first kappa shape index (κ1) is 99.6. The maximum atomic E-state index is 8.93. The molecule has 0 saturated carbocycles. The Balaban J connectivity index is -0.000000207. The Bertz CT molecular complexity index is 997. The zero-order valence-electron chi connectivity index (χ0n) is 61.9. The van der Waals surface area contributed by atoms with Gasteiger partial charge < -0.3 is 56.6 Å². The quantitative estimate of drug-likeness (QED) is 0.0339. The molecule has 0 aromatic carbocycles. The molecule has 4 N–H and O–H groups in total. The van der Waals surface area contributed by atoms with Crippen molar-refractivity contribution in [2.45, 2.75) is 409 Å². The number of unbranched alkanes of at least 4 members (excludes halogenated alkanes) is 45. The van der Waals surface area contributed by atoms with Crippen LogP contribution in [-0.2, 0) is 9.59 Å². The summed E-state index contributed by atoms with van der Waals surface area (Å²) >= 11 is 0. The molecule has 9 nitrogen and oxygen atoms in total. The van der Waals surface area contributed by atoms with Crippen molar-refractivity contribution in [1.82, 2.24) is 0 Å². The minimum atomic E-state index is -2.19. The molecule has 0 atom stereocenters. The van der Waals surface area contributed by atoms with Gasteiger partial charge >= 0.3 is 0 Å². The van der Waals surface area contributed by atoms with E-state index in [1.165, 1.54) is 419 Å². The van der Waals surface area contributed by atoms with E-state index in [0.29, 0.717) is 0 Å². The van der Waals surface area contributed by atoms with Gasteiger partial charge in [0.05, 0.1) is 92.0 Å². The fraction of sp³-hybridized carbons (Fsp3) is 0.974. The summed E-state index contributed by atoms with van der Waals surface area (Å²) in [6.07, 6.45) is 77.6. The van der Waals surface area contributed by atoms with E-state index in [9.17, 15) is 0 Å².